The minimum absolute atomic E-state index is 0.122. The van der Waals surface area contributed by atoms with E-state index in [0.29, 0.717) is 17.3 Å². The van der Waals surface area contributed by atoms with E-state index in [-0.39, 0.29) is 25.5 Å². The van der Waals surface area contributed by atoms with Gasteiger partial charge in [-0.3, -0.25) is 14.4 Å². The van der Waals surface area contributed by atoms with Gasteiger partial charge < -0.3 is 15.4 Å². The SMILES string of the molecule is CCCNC(=O)CNC(=O)COC(=O)CCSc1ccc(Cl)cc1. The molecule has 0 aliphatic rings. The molecule has 132 valence electrons. The highest BCUT2D eigenvalue weighted by Gasteiger charge is 2.09. The fourth-order valence-corrected chi connectivity index (χ4v) is 2.52. The zero-order valence-corrected chi connectivity index (χ0v) is 15.0. The molecule has 1 rings (SSSR count). The van der Waals surface area contributed by atoms with Crippen molar-refractivity contribution in [1.29, 1.82) is 0 Å². The standard InChI is InChI=1S/C16H21ClN2O4S/c1-2-8-18-14(20)10-19-15(21)11-23-16(22)7-9-24-13-5-3-12(17)4-6-13/h3-6H,2,7-11H2,1H3,(H,18,20)(H,19,21). The molecule has 0 aromatic heterocycles. The second-order valence-electron chi connectivity index (χ2n) is 4.84. The number of ether oxygens (including phenoxy) is 1. The van der Waals surface area contributed by atoms with Crippen LogP contribution in [0.1, 0.15) is 19.8 Å². The summed E-state index contributed by atoms with van der Waals surface area (Å²) in [5.74, 6) is -0.681. The van der Waals surface area contributed by atoms with Gasteiger partial charge in [0.05, 0.1) is 13.0 Å². The van der Waals surface area contributed by atoms with E-state index in [1.54, 1.807) is 12.1 Å². The zero-order valence-electron chi connectivity index (χ0n) is 13.5. The van der Waals surface area contributed by atoms with Crippen LogP contribution in [0.4, 0.5) is 0 Å². The summed E-state index contributed by atoms with van der Waals surface area (Å²) in [5.41, 5.74) is 0. The lowest BCUT2D eigenvalue weighted by molar-refractivity contribution is -0.148. The van der Waals surface area contributed by atoms with Gasteiger partial charge in [0.15, 0.2) is 6.61 Å². The Labute approximate surface area is 150 Å². The van der Waals surface area contributed by atoms with Gasteiger partial charge in [0, 0.05) is 22.2 Å². The Kier molecular flexibility index (Phi) is 9.95. The van der Waals surface area contributed by atoms with Gasteiger partial charge in [0.25, 0.3) is 5.91 Å². The molecule has 0 atom stereocenters. The van der Waals surface area contributed by atoms with E-state index in [4.69, 9.17) is 16.3 Å². The normalized spacial score (nSPS) is 10.1. The molecule has 0 aliphatic carbocycles. The van der Waals surface area contributed by atoms with Gasteiger partial charge in [-0.15, -0.1) is 11.8 Å². The van der Waals surface area contributed by atoms with Crippen molar-refractivity contribution in [2.45, 2.75) is 24.7 Å². The molecule has 1 aromatic rings. The van der Waals surface area contributed by atoms with Crippen molar-refractivity contribution >= 4 is 41.1 Å². The van der Waals surface area contributed by atoms with Gasteiger partial charge in [0.1, 0.15) is 0 Å². The maximum absolute atomic E-state index is 11.6. The largest absolute Gasteiger partial charge is 0.456 e. The number of nitrogens with one attached hydrogen (secondary N) is 2. The average Bonchev–Trinajstić information content (AvgIpc) is 2.58. The number of thioether (sulfide) groups is 1. The summed E-state index contributed by atoms with van der Waals surface area (Å²) in [6, 6.07) is 7.30. The first kappa shape index (κ1) is 20.3. The van der Waals surface area contributed by atoms with Crippen molar-refractivity contribution in [2.75, 3.05) is 25.4 Å². The minimum atomic E-state index is -0.500. The summed E-state index contributed by atoms with van der Waals surface area (Å²) in [5, 5.41) is 5.68. The van der Waals surface area contributed by atoms with Crippen LogP contribution in [-0.4, -0.2) is 43.2 Å². The molecule has 0 radical (unpaired) electrons. The van der Waals surface area contributed by atoms with Gasteiger partial charge in [-0.05, 0) is 30.7 Å². The Morgan fingerprint density at radius 3 is 2.50 bits per heavy atom. The number of benzene rings is 1. The molecular formula is C16H21ClN2O4S. The van der Waals surface area contributed by atoms with E-state index in [0.717, 1.165) is 11.3 Å². The van der Waals surface area contributed by atoms with Crippen molar-refractivity contribution in [3.63, 3.8) is 0 Å². The van der Waals surface area contributed by atoms with Crippen LogP contribution in [-0.2, 0) is 19.1 Å². The zero-order chi connectivity index (χ0) is 17.8. The Bertz CT molecular complexity index is 552. The number of halogens is 1. The lowest BCUT2D eigenvalue weighted by Gasteiger charge is -2.07. The molecule has 8 heteroatoms. The second kappa shape index (κ2) is 11.8. The van der Waals surface area contributed by atoms with Gasteiger partial charge >= 0.3 is 5.97 Å². The number of esters is 1. The Morgan fingerprint density at radius 2 is 1.83 bits per heavy atom. The van der Waals surface area contributed by atoms with Crippen molar-refractivity contribution in [3.05, 3.63) is 29.3 Å². The minimum Gasteiger partial charge on any atom is -0.456 e. The summed E-state index contributed by atoms with van der Waals surface area (Å²) < 4.78 is 4.86. The fraction of sp³-hybridized carbons (Fsp3) is 0.438. The van der Waals surface area contributed by atoms with Crippen LogP contribution in [0.3, 0.4) is 0 Å². The van der Waals surface area contributed by atoms with Crippen LogP contribution in [0, 0.1) is 0 Å². The van der Waals surface area contributed by atoms with Crippen molar-refractivity contribution < 1.29 is 19.1 Å². The van der Waals surface area contributed by atoms with E-state index in [1.165, 1.54) is 11.8 Å². The van der Waals surface area contributed by atoms with E-state index in [2.05, 4.69) is 10.6 Å². The van der Waals surface area contributed by atoms with Crippen LogP contribution in [0.15, 0.2) is 29.2 Å². The molecule has 0 fully saturated rings. The molecule has 1 aromatic carbocycles. The number of rotatable bonds is 10. The molecule has 6 nitrogen and oxygen atoms in total. The lowest BCUT2D eigenvalue weighted by atomic mass is 10.4. The molecule has 0 heterocycles. The molecule has 24 heavy (non-hydrogen) atoms. The molecule has 0 saturated carbocycles. The topological polar surface area (TPSA) is 84.5 Å². The van der Waals surface area contributed by atoms with E-state index in [9.17, 15) is 14.4 Å². The third-order valence-electron chi connectivity index (χ3n) is 2.77. The molecule has 0 spiro atoms. The Balaban J connectivity index is 2.11. The molecule has 0 aliphatic heterocycles. The average molecular weight is 373 g/mol. The lowest BCUT2D eigenvalue weighted by Crippen LogP contribution is -2.38. The first-order valence-corrected chi connectivity index (χ1v) is 8.95. The highest BCUT2D eigenvalue weighted by atomic mass is 35.5. The maximum atomic E-state index is 11.6. The highest BCUT2D eigenvalue weighted by molar-refractivity contribution is 7.99. The molecule has 2 N–H and O–H groups in total. The van der Waals surface area contributed by atoms with Crippen molar-refractivity contribution in [1.82, 2.24) is 10.6 Å². The van der Waals surface area contributed by atoms with E-state index < -0.39 is 11.9 Å². The number of carbonyl (C=O) groups is 3. The molecule has 0 bridgehead atoms. The van der Waals surface area contributed by atoms with Crippen LogP contribution < -0.4 is 10.6 Å². The monoisotopic (exact) mass is 372 g/mol. The van der Waals surface area contributed by atoms with E-state index >= 15 is 0 Å². The Hall–Kier alpha value is -1.73. The van der Waals surface area contributed by atoms with Crippen molar-refractivity contribution in [2.24, 2.45) is 0 Å². The van der Waals surface area contributed by atoms with Crippen LogP contribution in [0.25, 0.3) is 0 Å². The molecular weight excluding hydrogens is 352 g/mol. The summed E-state index contributed by atoms with van der Waals surface area (Å²) >= 11 is 7.29. The maximum Gasteiger partial charge on any atom is 0.307 e. The van der Waals surface area contributed by atoms with Gasteiger partial charge in [0.2, 0.25) is 5.91 Å². The fourth-order valence-electron chi connectivity index (χ4n) is 1.56. The molecule has 2 amide bonds. The summed E-state index contributed by atoms with van der Waals surface area (Å²) in [7, 11) is 0. The summed E-state index contributed by atoms with van der Waals surface area (Å²) in [6.07, 6.45) is 1.02. The number of hydrogen-bond donors (Lipinski definition) is 2. The second-order valence-corrected chi connectivity index (χ2v) is 6.44. The third-order valence-corrected chi connectivity index (χ3v) is 4.04. The first-order chi connectivity index (χ1) is 11.5. The highest BCUT2D eigenvalue weighted by Crippen LogP contribution is 2.20. The van der Waals surface area contributed by atoms with Crippen LogP contribution >= 0.6 is 23.4 Å². The number of amides is 2. The Morgan fingerprint density at radius 1 is 1.12 bits per heavy atom. The van der Waals surface area contributed by atoms with Crippen LogP contribution in [0.5, 0.6) is 0 Å². The van der Waals surface area contributed by atoms with Gasteiger partial charge in [-0.2, -0.15) is 0 Å². The third kappa shape index (κ3) is 9.42. The van der Waals surface area contributed by atoms with Gasteiger partial charge in [-0.1, -0.05) is 18.5 Å². The number of carbonyl (C=O) groups excluding carboxylic acids is 3. The predicted octanol–water partition coefficient (Wildman–Crippen LogP) is 2.01. The number of hydrogen-bond acceptors (Lipinski definition) is 5. The first-order valence-electron chi connectivity index (χ1n) is 7.58. The van der Waals surface area contributed by atoms with Crippen LogP contribution in [0.2, 0.25) is 5.02 Å². The quantitative estimate of drug-likeness (QED) is 0.485. The van der Waals surface area contributed by atoms with Gasteiger partial charge in [-0.25, -0.2) is 0 Å². The molecule has 0 unspecified atom stereocenters. The smallest absolute Gasteiger partial charge is 0.307 e. The predicted molar refractivity (Wildman–Crippen MR) is 94.1 cm³/mol. The van der Waals surface area contributed by atoms with E-state index in [1.807, 2.05) is 19.1 Å². The molecule has 0 saturated heterocycles. The summed E-state index contributed by atoms with van der Waals surface area (Å²) in [4.78, 5) is 35.3. The summed E-state index contributed by atoms with van der Waals surface area (Å²) in [6.45, 7) is 1.99. The van der Waals surface area contributed by atoms with Crippen molar-refractivity contribution in [3.8, 4) is 0 Å².